The molecule has 0 atom stereocenters. The van der Waals surface area contributed by atoms with Gasteiger partial charge in [0.1, 0.15) is 0 Å². The Morgan fingerprint density at radius 2 is 2.17 bits per heavy atom. The first-order valence-electron chi connectivity index (χ1n) is 5.86. The van der Waals surface area contributed by atoms with Crippen LogP contribution in [0.5, 0.6) is 0 Å². The van der Waals surface area contributed by atoms with Crippen molar-refractivity contribution in [2.45, 2.75) is 13.1 Å². The lowest BCUT2D eigenvalue weighted by atomic mass is 10.1. The standard InChI is InChI=1S/C14H17ClN2O/c1-16-8-12-4-3-5-13(15)14(12)17(2)9-11-6-7-18-10-11/h3-7,10,16H,8-9H2,1-2H3. The summed E-state index contributed by atoms with van der Waals surface area (Å²) in [6.07, 6.45) is 3.44. The van der Waals surface area contributed by atoms with Gasteiger partial charge in [-0.15, -0.1) is 0 Å². The van der Waals surface area contributed by atoms with Gasteiger partial charge < -0.3 is 14.6 Å². The monoisotopic (exact) mass is 264 g/mol. The van der Waals surface area contributed by atoms with Crippen LogP contribution in [0.2, 0.25) is 5.02 Å². The van der Waals surface area contributed by atoms with Crippen molar-refractivity contribution in [2.75, 3.05) is 19.0 Å². The van der Waals surface area contributed by atoms with Crippen molar-refractivity contribution in [1.29, 1.82) is 0 Å². The Labute approximate surface area is 112 Å². The van der Waals surface area contributed by atoms with E-state index in [9.17, 15) is 0 Å². The molecule has 0 amide bonds. The molecule has 0 spiro atoms. The van der Waals surface area contributed by atoms with Crippen molar-refractivity contribution < 1.29 is 4.42 Å². The number of para-hydroxylation sites is 1. The normalized spacial score (nSPS) is 10.6. The van der Waals surface area contributed by atoms with Crippen molar-refractivity contribution in [3.63, 3.8) is 0 Å². The van der Waals surface area contributed by atoms with Gasteiger partial charge in [-0.1, -0.05) is 23.7 Å². The molecule has 0 unspecified atom stereocenters. The summed E-state index contributed by atoms with van der Waals surface area (Å²) in [4.78, 5) is 2.14. The average Bonchev–Trinajstić information content (AvgIpc) is 2.82. The molecule has 0 bridgehead atoms. The van der Waals surface area contributed by atoms with E-state index >= 15 is 0 Å². The van der Waals surface area contributed by atoms with E-state index in [4.69, 9.17) is 16.0 Å². The highest BCUT2D eigenvalue weighted by Crippen LogP contribution is 2.30. The number of benzene rings is 1. The van der Waals surface area contributed by atoms with Crippen LogP contribution in [0.3, 0.4) is 0 Å². The van der Waals surface area contributed by atoms with Gasteiger partial charge in [-0.3, -0.25) is 0 Å². The summed E-state index contributed by atoms with van der Waals surface area (Å²) in [6, 6.07) is 7.95. The number of rotatable bonds is 5. The van der Waals surface area contributed by atoms with Gasteiger partial charge in [-0.25, -0.2) is 0 Å². The smallest absolute Gasteiger partial charge is 0.0952 e. The maximum Gasteiger partial charge on any atom is 0.0952 e. The first-order valence-corrected chi connectivity index (χ1v) is 6.24. The molecular formula is C14H17ClN2O. The van der Waals surface area contributed by atoms with Crippen LogP contribution in [0.1, 0.15) is 11.1 Å². The fraction of sp³-hybridized carbons (Fsp3) is 0.286. The van der Waals surface area contributed by atoms with Crippen LogP contribution in [0.4, 0.5) is 5.69 Å². The van der Waals surface area contributed by atoms with Crippen LogP contribution >= 0.6 is 11.6 Å². The Balaban J connectivity index is 2.25. The summed E-state index contributed by atoms with van der Waals surface area (Å²) in [5.74, 6) is 0. The van der Waals surface area contributed by atoms with Gasteiger partial charge in [0.15, 0.2) is 0 Å². The summed E-state index contributed by atoms with van der Waals surface area (Å²) in [5, 5.41) is 3.93. The van der Waals surface area contributed by atoms with Crippen LogP contribution < -0.4 is 10.2 Å². The summed E-state index contributed by atoms with van der Waals surface area (Å²) in [7, 11) is 3.97. The lowest BCUT2D eigenvalue weighted by Crippen LogP contribution is -2.19. The third kappa shape index (κ3) is 2.86. The predicted molar refractivity (Wildman–Crippen MR) is 75.0 cm³/mol. The van der Waals surface area contributed by atoms with E-state index in [2.05, 4.69) is 16.3 Å². The number of anilines is 1. The molecule has 1 aromatic carbocycles. The molecule has 0 saturated heterocycles. The summed E-state index contributed by atoms with van der Waals surface area (Å²) >= 11 is 6.31. The Kier molecular flexibility index (Phi) is 4.28. The molecule has 0 fully saturated rings. The minimum Gasteiger partial charge on any atom is -0.472 e. The van der Waals surface area contributed by atoms with Gasteiger partial charge in [0.2, 0.25) is 0 Å². The lowest BCUT2D eigenvalue weighted by molar-refractivity contribution is 0.563. The van der Waals surface area contributed by atoms with Gasteiger partial charge in [0.05, 0.1) is 23.2 Å². The van der Waals surface area contributed by atoms with E-state index in [1.54, 1.807) is 12.5 Å². The SMILES string of the molecule is CNCc1cccc(Cl)c1N(C)Cc1ccoc1. The van der Waals surface area contributed by atoms with Crippen molar-refractivity contribution in [3.05, 3.63) is 52.9 Å². The molecular weight excluding hydrogens is 248 g/mol. The zero-order valence-electron chi connectivity index (χ0n) is 10.6. The molecule has 0 radical (unpaired) electrons. The molecule has 4 heteroatoms. The van der Waals surface area contributed by atoms with Crippen LogP contribution in [0.25, 0.3) is 0 Å². The first-order chi connectivity index (χ1) is 8.72. The molecule has 0 aliphatic carbocycles. The fourth-order valence-electron chi connectivity index (χ4n) is 2.06. The molecule has 1 heterocycles. The highest BCUT2D eigenvalue weighted by atomic mass is 35.5. The lowest BCUT2D eigenvalue weighted by Gasteiger charge is -2.23. The fourth-order valence-corrected chi connectivity index (χ4v) is 2.39. The summed E-state index contributed by atoms with van der Waals surface area (Å²) in [6.45, 7) is 1.57. The molecule has 1 N–H and O–H groups in total. The van der Waals surface area contributed by atoms with Gasteiger partial charge in [0, 0.05) is 25.7 Å². The minimum absolute atomic E-state index is 0.772. The molecule has 1 aromatic heterocycles. The van der Waals surface area contributed by atoms with E-state index in [1.165, 1.54) is 5.56 Å². The molecule has 0 saturated carbocycles. The Bertz CT molecular complexity index is 497. The zero-order valence-corrected chi connectivity index (χ0v) is 11.4. The number of nitrogens with one attached hydrogen (secondary N) is 1. The van der Waals surface area contributed by atoms with E-state index in [0.29, 0.717) is 0 Å². The van der Waals surface area contributed by atoms with Crippen molar-refractivity contribution >= 4 is 17.3 Å². The number of hydrogen-bond donors (Lipinski definition) is 1. The Morgan fingerprint density at radius 3 is 2.83 bits per heavy atom. The molecule has 3 nitrogen and oxygen atoms in total. The zero-order chi connectivity index (χ0) is 13.0. The number of furan rings is 1. The second-order valence-electron chi connectivity index (χ2n) is 4.27. The van der Waals surface area contributed by atoms with Gasteiger partial charge in [0.25, 0.3) is 0 Å². The highest BCUT2D eigenvalue weighted by molar-refractivity contribution is 6.33. The average molecular weight is 265 g/mol. The van der Waals surface area contributed by atoms with E-state index in [0.717, 1.165) is 29.4 Å². The first kappa shape index (κ1) is 13.0. The maximum atomic E-state index is 6.31. The van der Waals surface area contributed by atoms with Crippen molar-refractivity contribution in [2.24, 2.45) is 0 Å². The van der Waals surface area contributed by atoms with Crippen LogP contribution in [0.15, 0.2) is 41.2 Å². The molecule has 96 valence electrons. The molecule has 2 rings (SSSR count). The number of nitrogens with zero attached hydrogens (tertiary/aromatic N) is 1. The summed E-state index contributed by atoms with van der Waals surface area (Å²) in [5.41, 5.74) is 3.39. The maximum absolute atomic E-state index is 6.31. The molecule has 2 aromatic rings. The molecule has 0 aliphatic heterocycles. The van der Waals surface area contributed by atoms with Crippen LogP contribution in [-0.4, -0.2) is 14.1 Å². The van der Waals surface area contributed by atoms with Crippen LogP contribution in [0, 0.1) is 0 Å². The summed E-state index contributed by atoms with van der Waals surface area (Å²) < 4.78 is 5.09. The predicted octanol–water partition coefficient (Wildman–Crippen LogP) is 3.29. The van der Waals surface area contributed by atoms with Crippen LogP contribution in [-0.2, 0) is 13.1 Å². The van der Waals surface area contributed by atoms with Gasteiger partial charge in [-0.05, 0) is 24.7 Å². The van der Waals surface area contributed by atoms with E-state index < -0.39 is 0 Å². The van der Waals surface area contributed by atoms with E-state index in [1.807, 2.05) is 32.3 Å². The number of hydrogen-bond acceptors (Lipinski definition) is 3. The largest absolute Gasteiger partial charge is 0.472 e. The third-order valence-electron chi connectivity index (χ3n) is 2.82. The third-order valence-corrected chi connectivity index (χ3v) is 3.12. The second-order valence-corrected chi connectivity index (χ2v) is 4.67. The minimum atomic E-state index is 0.772. The topological polar surface area (TPSA) is 28.4 Å². The highest BCUT2D eigenvalue weighted by Gasteiger charge is 2.12. The second kappa shape index (κ2) is 5.94. The number of halogens is 1. The molecule has 18 heavy (non-hydrogen) atoms. The van der Waals surface area contributed by atoms with Crippen molar-refractivity contribution in [1.82, 2.24) is 5.32 Å². The Hall–Kier alpha value is -1.45. The quantitative estimate of drug-likeness (QED) is 0.898. The van der Waals surface area contributed by atoms with Gasteiger partial charge in [-0.2, -0.15) is 0 Å². The Morgan fingerprint density at radius 1 is 1.33 bits per heavy atom. The van der Waals surface area contributed by atoms with E-state index in [-0.39, 0.29) is 0 Å². The van der Waals surface area contributed by atoms with Gasteiger partial charge >= 0.3 is 0 Å². The molecule has 0 aliphatic rings. The van der Waals surface area contributed by atoms with Crippen molar-refractivity contribution in [3.8, 4) is 0 Å².